The van der Waals surface area contributed by atoms with Gasteiger partial charge in [-0.2, -0.15) is 0 Å². The Morgan fingerprint density at radius 2 is 2.07 bits per heavy atom. The smallest absolute Gasteiger partial charge is 0.156 e. The maximum atomic E-state index is 5.34. The molecule has 5 nitrogen and oxygen atoms in total. The van der Waals surface area contributed by atoms with Crippen LogP contribution in [0.3, 0.4) is 0 Å². The lowest BCUT2D eigenvalue weighted by molar-refractivity contribution is 0.100. The normalized spacial score (nSPS) is 20.0. The molecule has 1 aromatic heterocycles. The summed E-state index contributed by atoms with van der Waals surface area (Å²) >= 11 is 1.85. The first-order chi connectivity index (χ1) is 13.6. The summed E-state index contributed by atoms with van der Waals surface area (Å²) in [4.78, 5) is 16.5. The molecule has 1 atom stereocenters. The molecule has 0 spiro atoms. The van der Waals surface area contributed by atoms with Crippen molar-refractivity contribution in [3.63, 3.8) is 0 Å². The molecule has 6 heteroatoms. The number of likely N-dealkylation sites (N-methyl/N-ethyl adjacent to an activating group) is 1. The molecule has 4 rings (SSSR count). The Morgan fingerprint density at radius 3 is 2.86 bits per heavy atom. The maximum absolute atomic E-state index is 5.34. The monoisotopic (exact) mass is 398 g/mol. The number of aliphatic imine (C=N–C) groups is 1. The number of hydrogen-bond acceptors (Lipinski definition) is 6. The summed E-state index contributed by atoms with van der Waals surface area (Å²) in [7, 11) is 3.99. The van der Waals surface area contributed by atoms with Crippen LogP contribution in [-0.4, -0.2) is 67.1 Å². The number of thiazole rings is 1. The van der Waals surface area contributed by atoms with E-state index in [0.717, 1.165) is 56.3 Å². The van der Waals surface area contributed by atoms with Crippen LogP contribution in [0.2, 0.25) is 0 Å². The topological polar surface area (TPSA) is 41.0 Å². The fourth-order valence-electron chi connectivity index (χ4n) is 3.95. The Kier molecular flexibility index (Phi) is 5.80. The Bertz CT molecular complexity index is 860. The molecule has 0 aliphatic carbocycles. The van der Waals surface area contributed by atoms with Crippen molar-refractivity contribution in [2.45, 2.75) is 38.6 Å². The molecule has 3 heterocycles. The molecular formula is C22H30N4OS. The lowest BCUT2D eigenvalue weighted by Crippen LogP contribution is -2.53. The second-order valence-corrected chi connectivity index (χ2v) is 9.20. The highest BCUT2D eigenvalue weighted by Gasteiger charge is 2.31. The fourth-order valence-corrected chi connectivity index (χ4v) is 5.03. The highest BCUT2D eigenvalue weighted by atomic mass is 32.1. The lowest BCUT2D eigenvalue weighted by Gasteiger charge is -2.40. The van der Waals surface area contributed by atoms with Gasteiger partial charge in [0.05, 0.1) is 10.7 Å². The van der Waals surface area contributed by atoms with Gasteiger partial charge in [-0.15, -0.1) is 11.3 Å². The summed E-state index contributed by atoms with van der Waals surface area (Å²) in [6, 6.07) is 9.00. The Labute approximate surface area is 172 Å². The highest BCUT2D eigenvalue weighted by molar-refractivity contribution is 7.12. The minimum atomic E-state index is 0.440. The van der Waals surface area contributed by atoms with Gasteiger partial charge in [0, 0.05) is 56.6 Å². The summed E-state index contributed by atoms with van der Waals surface area (Å²) in [5, 5.41) is 1.21. The molecule has 0 bridgehead atoms. The minimum absolute atomic E-state index is 0.440. The number of piperazine rings is 1. The average molecular weight is 399 g/mol. The summed E-state index contributed by atoms with van der Waals surface area (Å²) in [5.74, 6) is 1.49. The molecule has 28 heavy (non-hydrogen) atoms. The molecule has 0 N–H and O–H groups in total. The molecule has 0 radical (unpaired) electrons. The summed E-state index contributed by atoms with van der Waals surface area (Å²) in [5.41, 5.74) is 3.48. The summed E-state index contributed by atoms with van der Waals surface area (Å²) in [6.45, 7) is 8.21. The average Bonchev–Trinajstić information content (AvgIpc) is 3.04. The molecule has 150 valence electrons. The van der Waals surface area contributed by atoms with Crippen LogP contribution in [0.5, 0.6) is 0 Å². The molecule has 2 aromatic rings. The van der Waals surface area contributed by atoms with Crippen molar-refractivity contribution < 1.29 is 4.74 Å². The van der Waals surface area contributed by atoms with Crippen molar-refractivity contribution in [3.8, 4) is 0 Å². The van der Waals surface area contributed by atoms with Gasteiger partial charge < -0.3 is 9.64 Å². The number of fused-ring (bicyclic) bond motifs is 2. The van der Waals surface area contributed by atoms with E-state index in [2.05, 4.69) is 55.0 Å². The molecule has 0 amide bonds. The second kappa shape index (κ2) is 8.31. The van der Waals surface area contributed by atoms with Crippen molar-refractivity contribution in [1.29, 1.82) is 0 Å². The van der Waals surface area contributed by atoms with E-state index in [0.29, 0.717) is 12.0 Å². The van der Waals surface area contributed by atoms with Gasteiger partial charge in [0.2, 0.25) is 0 Å². The number of ether oxygens (including phenoxy) is 1. The van der Waals surface area contributed by atoms with Crippen LogP contribution < -0.4 is 0 Å². The number of amidine groups is 1. The van der Waals surface area contributed by atoms with Crippen molar-refractivity contribution in [3.05, 3.63) is 45.4 Å². The van der Waals surface area contributed by atoms with Gasteiger partial charge in [0.25, 0.3) is 0 Å². The van der Waals surface area contributed by atoms with Crippen LogP contribution in [0.15, 0.2) is 29.3 Å². The largest absolute Gasteiger partial charge is 0.385 e. The first kappa shape index (κ1) is 19.6. The Hall–Kier alpha value is -1.76. The first-order valence-corrected chi connectivity index (χ1v) is 11.0. The molecule has 1 fully saturated rings. The number of hydrogen-bond donors (Lipinski definition) is 0. The third-order valence-electron chi connectivity index (χ3n) is 5.72. The highest BCUT2D eigenvalue weighted by Crippen LogP contribution is 2.34. The van der Waals surface area contributed by atoms with Crippen molar-refractivity contribution in [1.82, 2.24) is 14.8 Å². The quantitative estimate of drug-likeness (QED) is 0.783. The van der Waals surface area contributed by atoms with E-state index in [4.69, 9.17) is 14.7 Å². The summed E-state index contributed by atoms with van der Waals surface area (Å²) in [6.07, 6.45) is 1.96. The Morgan fingerprint density at radius 1 is 1.25 bits per heavy atom. The van der Waals surface area contributed by atoms with E-state index in [-0.39, 0.29) is 0 Å². The van der Waals surface area contributed by atoms with Gasteiger partial charge in [-0.3, -0.25) is 4.90 Å². The van der Waals surface area contributed by atoms with E-state index in [9.17, 15) is 0 Å². The molecule has 1 aromatic carbocycles. The maximum Gasteiger partial charge on any atom is 0.156 e. The van der Waals surface area contributed by atoms with Gasteiger partial charge in [-0.1, -0.05) is 32.0 Å². The Balaban J connectivity index is 1.72. The number of nitrogens with zero attached hydrogens (tertiary/aromatic N) is 4. The van der Waals surface area contributed by atoms with Gasteiger partial charge in [0.1, 0.15) is 5.69 Å². The number of aromatic nitrogens is 1. The molecule has 1 saturated heterocycles. The van der Waals surface area contributed by atoms with Crippen LogP contribution in [0.1, 0.15) is 47.3 Å². The second-order valence-electron chi connectivity index (χ2n) is 8.08. The lowest BCUT2D eigenvalue weighted by atomic mass is 10.1. The van der Waals surface area contributed by atoms with Gasteiger partial charge in [0.15, 0.2) is 5.84 Å². The van der Waals surface area contributed by atoms with Crippen LogP contribution in [0.25, 0.3) is 0 Å². The standard InChI is InChI=1S/C22H30N4OS/c1-15(2)22-24-20-19(28-22)13-16-7-5-6-8-18(16)23-21(20)26-11-10-25(3)17(14-26)9-12-27-4/h5-8,15,17H,9-14H2,1-4H3/t17-/m0/s1. The van der Waals surface area contributed by atoms with Crippen LogP contribution in [0, 0.1) is 0 Å². The molecular weight excluding hydrogens is 368 g/mol. The molecule has 2 aliphatic heterocycles. The third-order valence-corrected chi connectivity index (χ3v) is 7.08. The van der Waals surface area contributed by atoms with Crippen LogP contribution in [0.4, 0.5) is 5.69 Å². The van der Waals surface area contributed by atoms with Crippen LogP contribution >= 0.6 is 11.3 Å². The van der Waals surface area contributed by atoms with Crippen molar-refractivity contribution >= 4 is 22.9 Å². The van der Waals surface area contributed by atoms with E-state index >= 15 is 0 Å². The van der Waals surface area contributed by atoms with E-state index in [1.54, 1.807) is 7.11 Å². The zero-order chi connectivity index (χ0) is 19.7. The number of rotatable bonds is 4. The van der Waals surface area contributed by atoms with E-state index < -0.39 is 0 Å². The predicted octanol–water partition coefficient (Wildman–Crippen LogP) is 3.90. The SMILES string of the molecule is COCC[C@H]1CN(C2=Nc3ccccc3Cc3sc(C(C)C)nc32)CCN1C. The van der Waals surface area contributed by atoms with E-state index in [1.165, 1.54) is 15.4 Å². The number of benzene rings is 1. The first-order valence-electron chi connectivity index (χ1n) is 10.2. The van der Waals surface area contributed by atoms with E-state index in [1.807, 2.05) is 11.3 Å². The third kappa shape index (κ3) is 3.86. The molecule has 2 aliphatic rings. The van der Waals surface area contributed by atoms with Crippen LogP contribution in [-0.2, 0) is 11.2 Å². The summed E-state index contributed by atoms with van der Waals surface area (Å²) < 4.78 is 5.34. The van der Waals surface area contributed by atoms with Gasteiger partial charge in [-0.05, 0) is 25.1 Å². The van der Waals surface area contributed by atoms with Gasteiger partial charge >= 0.3 is 0 Å². The number of methoxy groups -OCH3 is 1. The fraction of sp³-hybridized carbons (Fsp3) is 0.545. The van der Waals surface area contributed by atoms with Crippen molar-refractivity contribution in [2.24, 2.45) is 4.99 Å². The molecule has 0 saturated carbocycles. The van der Waals surface area contributed by atoms with Crippen molar-refractivity contribution in [2.75, 3.05) is 40.4 Å². The minimum Gasteiger partial charge on any atom is -0.385 e. The zero-order valence-corrected chi connectivity index (χ0v) is 18.1. The van der Waals surface area contributed by atoms with Gasteiger partial charge in [-0.25, -0.2) is 9.98 Å². The molecule has 0 unspecified atom stereocenters. The number of para-hydroxylation sites is 1. The predicted molar refractivity (Wildman–Crippen MR) is 116 cm³/mol. The zero-order valence-electron chi connectivity index (χ0n) is 17.3.